The lowest BCUT2D eigenvalue weighted by atomic mass is 10.1. The summed E-state index contributed by atoms with van der Waals surface area (Å²) in [6.07, 6.45) is -4.90. The Bertz CT molecular complexity index is 608. The second kappa shape index (κ2) is 6.74. The summed E-state index contributed by atoms with van der Waals surface area (Å²) in [6, 6.07) is 0.0143. The number of nitrogens with one attached hydrogen (secondary N) is 2. The van der Waals surface area contributed by atoms with E-state index in [-0.39, 0.29) is 6.07 Å². The predicted molar refractivity (Wildman–Crippen MR) is 75.2 cm³/mol. The third-order valence-corrected chi connectivity index (χ3v) is 3.50. The standard InChI is InChI=1S/C15H14F6N2O/c16-14(17,18)10-5-11(15(19,20)21)7-12(6-10)23-13(24)22-8-9-3-1-2-4-9/h5-8H,1-4H2,(H2,22,23,24). The van der Waals surface area contributed by atoms with Crippen LogP contribution in [0, 0.1) is 0 Å². The molecule has 1 aliphatic rings. The van der Waals surface area contributed by atoms with Gasteiger partial charge in [0.25, 0.3) is 0 Å². The molecule has 2 N–H and O–H groups in total. The molecule has 0 heterocycles. The van der Waals surface area contributed by atoms with Gasteiger partial charge in [-0.2, -0.15) is 26.3 Å². The van der Waals surface area contributed by atoms with Gasteiger partial charge < -0.3 is 10.6 Å². The van der Waals surface area contributed by atoms with Crippen LogP contribution >= 0.6 is 0 Å². The molecule has 3 nitrogen and oxygen atoms in total. The molecule has 2 amide bonds. The molecule has 2 rings (SSSR count). The van der Waals surface area contributed by atoms with Crippen LogP contribution in [0.5, 0.6) is 0 Å². The number of allylic oxidation sites excluding steroid dienone is 1. The SMILES string of the molecule is O=C(NC=C1CCCC1)Nc1cc(C(F)(F)F)cc(C(F)(F)F)c1. The summed E-state index contributed by atoms with van der Waals surface area (Å²) in [6.45, 7) is 0. The molecule has 1 aliphatic carbocycles. The molecule has 1 fully saturated rings. The predicted octanol–water partition coefficient (Wildman–Crippen LogP) is 5.30. The van der Waals surface area contributed by atoms with Gasteiger partial charge >= 0.3 is 18.4 Å². The van der Waals surface area contributed by atoms with Gasteiger partial charge in [-0.05, 0) is 43.9 Å². The lowest BCUT2D eigenvalue weighted by Crippen LogP contribution is -2.25. The summed E-state index contributed by atoms with van der Waals surface area (Å²) in [5.74, 6) is 0. The molecular weight excluding hydrogens is 338 g/mol. The quantitative estimate of drug-likeness (QED) is 0.697. The van der Waals surface area contributed by atoms with Crippen LogP contribution in [0.2, 0.25) is 0 Å². The number of alkyl halides is 6. The fourth-order valence-electron chi connectivity index (χ4n) is 2.34. The van der Waals surface area contributed by atoms with E-state index in [0.717, 1.165) is 31.3 Å². The Balaban J connectivity index is 2.19. The van der Waals surface area contributed by atoms with Crippen molar-refractivity contribution in [3.63, 3.8) is 0 Å². The van der Waals surface area contributed by atoms with Gasteiger partial charge in [0.05, 0.1) is 11.1 Å². The average molecular weight is 352 g/mol. The van der Waals surface area contributed by atoms with Gasteiger partial charge in [-0.3, -0.25) is 0 Å². The molecule has 0 bridgehead atoms. The fourth-order valence-corrected chi connectivity index (χ4v) is 2.34. The monoisotopic (exact) mass is 352 g/mol. The minimum absolute atomic E-state index is 0.00356. The van der Waals surface area contributed by atoms with E-state index in [1.165, 1.54) is 6.20 Å². The third kappa shape index (κ3) is 4.90. The molecule has 1 aromatic rings. The fraction of sp³-hybridized carbons (Fsp3) is 0.400. The molecule has 132 valence electrons. The van der Waals surface area contributed by atoms with Crippen molar-refractivity contribution in [2.45, 2.75) is 38.0 Å². The molecule has 0 aromatic heterocycles. The molecule has 0 aliphatic heterocycles. The van der Waals surface area contributed by atoms with Gasteiger partial charge in [0, 0.05) is 11.9 Å². The second-order valence-electron chi connectivity index (χ2n) is 5.40. The number of urea groups is 1. The number of hydrogen-bond donors (Lipinski definition) is 2. The van der Waals surface area contributed by atoms with E-state index in [1.54, 1.807) is 0 Å². The lowest BCUT2D eigenvalue weighted by Gasteiger charge is -2.14. The smallest absolute Gasteiger partial charge is 0.314 e. The number of hydrogen-bond acceptors (Lipinski definition) is 1. The highest BCUT2D eigenvalue weighted by atomic mass is 19.4. The summed E-state index contributed by atoms with van der Waals surface area (Å²) < 4.78 is 76.3. The van der Waals surface area contributed by atoms with Crippen LogP contribution < -0.4 is 10.6 Å². The van der Waals surface area contributed by atoms with E-state index in [9.17, 15) is 31.1 Å². The molecule has 1 saturated carbocycles. The maximum atomic E-state index is 12.7. The normalized spacial score (nSPS) is 15.3. The van der Waals surface area contributed by atoms with Crippen molar-refractivity contribution >= 4 is 11.7 Å². The summed E-state index contributed by atoms with van der Waals surface area (Å²) in [7, 11) is 0. The highest BCUT2D eigenvalue weighted by Gasteiger charge is 2.37. The number of rotatable bonds is 2. The average Bonchev–Trinajstić information content (AvgIpc) is 2.96. The number of anilines is 1. The van der Waals surface area contributed by atoms with E-state index >= 15 is 0 Å². The first-order chi connectivity index (χ1) is 11.1. The number of amides is 2. The van der Waals surface area contributed by atoms with Crippen LogP contribution in [-0.2, 0) is 12.4 Å². The number of halogens is 6. The zero-order valence-electron chi connectivity index (χ0n) is 12.3. The number of carbonyl (C=O) groups is 1. The Morgan fingerprint density at radius 3 is 1.88 bits per heavy atom. The van der Waals surface area contributed by atoms with Gasteiger partial charge in [0.2, 0.25) is 0 Å². The minimum Gasteiger partial charge on any atom is -0.314 e. The molecule has 1 aromatic carbocycles. The highest BCUT2D eigenvalue weighted by Crippen LogP contribution is 2.37. The van der Waals surface area contributed by atoms with Crippen molar-refractivity contribution in [2.75, 3.05) is 5.32 Å². The third-order valence-electron chi connectivity index (χ3n) is 3.50. The molecule has 0 atom stereocenters. The lowest BCUT2D eigenvalue weighted by molar-refractivity contribution is -0.143. The van der Waals surface area contributed by atoms with E-state index in [4.69, 9.17) is 0 Å². The summed E-state index contributed by atoms with van der Waals surface area (Å²) >= 11 is 0. The molecule has 0 radical (unpaired) electrons. The van der Waals surface area contributed by atoms with Gasteiger partial charge in [0.15, 0.2) is 0 Å². The summed E-state index contributed by atoms with van der Waals surface area (Å²) in [4.78, 5) is 11.7. The van der Waals surface area contributed by atoms with Crippen molar-refractivity contribution in [3.05, 3.63) is 41.1 Å². The Hall–Kier alpha value is -2.19. The number of carbonyl (C=O) groups excluding carboxylic acids is 1. The molecule has 24 heavy (non-hydrogen) atoms. The zero-order valence-corrected chi connectivity index (χ0v) is 12.3. The van der Waals surface area contributed by atoms with E-state index < -0.39 is 35.2 Å². The largest absolute Gasteiger partial charge is 0.416 e. The van der Waals surface area contributed by atoms with Crippen LogP contribution in [0.15, 0.2) is 30.0 Å². The van der Waals surface area contributed by atoms with E-state index in [2.05, 4.69) is 5.32 Å². The van der Waals surface area contributed by atoms with Crippen molar-refractivity contribution < 1.29 is 31.1 Å². The molecule has 9 heteroatoms. The number of benzene rings is 1. The van der Waals surface area contributed by atoms with E-state index in [0.29, 0.717) is 12.1 Å². The van der Waals surface area contributed by atoms with Gasteiger partial charge in [0.1, 0.15) is 0 Å². The summed E-state index contributed by atoms with van der Waals surface area (Å²) in [5.41, 5.74) is -2.58. The molecule has 0 spiro atoms. The van der Waals surface area contributed by atoms with Crippen molar-refractivity contribution in [3.8, 4) is 0 Å². The van der Waals surface area contributed by atoms with Crippen LogP contribution in [0.1, 0.15) is 36.8 Å². The molecule has 0 saturated heterocycles. The topological polar surface area (TPSA) is 41.1 Å². The van der Waals surface area contributed by atoms with Gasteiger partial charge in [-0.25, -0.2) is 4.79 Å². The Morgan fingerprint density at radius 2 is 1.42 bits per heavy atom. The van der Waals surface area contributed by atoms with Crippen LogP contribution in [0.4, 0.5) is 36.8 Å². The maximum absolute atomic E-state index is 12.7. The van der Waals surface area contributed by atoms with Crippen molar-refractivity contribution in [2.24, 2.45) is 0 Å². The van der Waals surface area contributed by atoms with E-state index in [1.807, 2.05) is 5.32 Å². The minimum atomic E-state index is -4.96. The van der Waals surface area contributed by atoms with Gasteiger partial charge in [-0.1, -0.05) is 5.57 Å². The molecule has 0 unspecified atom stereocenters. The Morgan fingerprint density at radius 1 is 0.917 bits per heavy atom. The second-order valence-corrected chi connectivity index (χ2v) is 5.40. The Kier molecular flexibility index (Phi) is 5.10. The van der Waals surface area contributed by atoms with Crippen LogP contribution in [-0.4, -0.2) is 6.03 Å². The van der Waals surface area contributed by atoms with Crippen molar-refractivity contribution in [1.29, 1.82) is 0 Å². The van der Waals surface area contributed by atoms with Crippen LogP contribution in [0.3, 0.4) is 0 Å². The van der Waals surface area contributed by atoms with Crippen molar-refractivity contribution in [1.82, 2.24) is 5.32 Å². The first-order valence-corrected chi connectivity index (χ1v) is 7.10. The maximum Gasteiger partial charge on any atom is 0.416 e. The molecular formula is C15H14F6N2O. The first-order valence-electron chi connectivity index (χ1n) is 7.10. The van der Waals surface area contributed by atoms with Gasteiger partial charge in [-0.15, -0.1) is 0 Å². The highest BCUT2D eigenvalue weighted by molar-refractivity contribution is 5.90. The summed E-state index contributed by atoms with van der Waals surface area (Å²) in [5, 5.41) is 4.31. The van der Waals surface area contributed by atoms with Crippen LogP contribution in [0.25, 0.3) is 0 Å². The first kappa shape index (κ1) is 18.2. The Labute approximate surface area is 133 Å². The zero-order chi connectivity index (χ0) is 18.0.